The molecule has 0 aromatic carbocycles. The number of carbonyl (C=O) groups excluding carboxylic acids is 1. The number of aliphatic hydroxyl groups is 11. The van der Waals surface area contributed by atoms with E-state index < -0.39 is 124 Å². The third kappa shape index (κ3) is 23.7. The van der Waals surface area contributed by atoms with Crippen LogP contribution < -0.4 is 5.32 Å². The lowest BCUT2D eigenvalue weighted by atomic mass is 9.96. The van der Waals surface area contributed by atoms with Gasteiger partial charge in [-0.1, -0.05) is 140 Å². The number of ether oxygens (including phenoxy) is 6. The minimum Gasteiger partial charge on any atom is -0.394 e. The van der Waals surface area contributed by atoms with Crippen molar-refractivity contribution >= 4 is 5.91 Å². The van der Waals surface area contributed by atoms with E-state index in [1.54, 1.807) is 6.08 Å². The maximum atomic E-state index is 13.2. The molecule has 3 heterocycles. The molecule has 0 aliphatic carbocycles. The normalized spacial score (nSPS) is 32.0. The van der Waals surface area contributed by atoms with Gasteiger partial charge in [-0.2, -0.15) is 0 Å². The molecule has 19 heteroatoms. The molecule has 3 aliphatic heterocycles. The largest absolute Gasteiger partial charge is 0.394 e. The van der Waals surface area contributed by atoms with Crippen molar-refractivity contribution < 1.29 is 89.4 Å². The third-order valence-corrected chi connectivity index (χ3v) is 13.9. The summed E-state index contributed by atoms with van der Waals surface area (Å²) in [7, 11) is 0. The molecule has 3 saturated heterocycles. The van der Waals surface area contributed by atoms with E-state index in [2.05, 4.69) is 43.5 Å². The maximum absolute atomic E-state index is 13.2. The van der Waals surface area contributed by atoms with Gasteiger partial charge in [0.05, 0.1) is 38.6 Å². The van der Waals surface area contributed by atoms with Crippen LogP contribution in [0, 0.1) is 0 Å². The van der Waals surface area contributed by atoms with Crippen molar-refractivity contribution in [3.63, 3.8) is 0 Å². The highest BCUT2D eigenvalue weighted by molar-refractivity contribution is 5.76. The number of hydrogen-bond acceptors (Lipinski definition) is 18. The van der Waals surface area contributed by atoms with Gasteiger partial charge < -0.3 is 89.9 Å². The predicted octanol–water partition coefficient (Wildman–Crippen LogP) is 3.37. The SMILES string of the molecule is CCCCCCC/C=C/CC/C=C/C(O)C(COC1OC(CO)C(OC2OC(CO)C(OC3OC(CO)C(O)C(O)C3O)C(O)C2O)C(O)C1O)NC(=O)CCCCCCCCC/C=C\CCCCCCCC. The molecule has 0 aromatic heterocycles. The number of aliphatic hydroxyl groups excluding tert-OH is 11. The lowest BCUT2D eigenvalue weighted by Gasteiger charge is -2.48. The summed E-state index contributed by atoms with van der Waals surface area (Å²) in [5.41, 5.74) is 0. The molecule has 3 aliphatic rings. The number of carbonyl (C=O) groups is 1. The Balaban J connectivity index is 1.53. The molecular weight excluding hydrogens is 951 g/mol. The molecule has 3 fully saturated rings. The molecular formula is C54H97NO18. The van der Waals surface area contributed by atoms with Crippen LogP contribution in [0.25, 0.3) is 0 Å². The van der Waals surface area contributed by atoms with Crippen molar-refractivity contribution in [2.24, 2.45) is 0 Å². The fourth-order valence-electron chi connectivity index (χ4n) is 9.26. The highest BCUT2D eigenvalue weighted by atomic mass is 16.8. The summed E-state index contributed by atoms with van der Waals surface area (Å²) in [5.74, 6) is -0.294. The van der Waals surface area contributed by atoms with Gasteiger partial charge in [0.15, 0.2) is 18.9 Å². The second-order valence-corrected chi connectivity index (χ2v) is 20.0. The second-order valence-electron chi connectivity index (χ2n) is 20.0. The molecule has 0 aromatic rings. The first kappa shape index (κ1) is 65.3. The van der Waals surface area contributed by atoms with Crippen LogP contribution in [0.5, 0.6) is 0 Å². The Labute approximate surface area is 434 Å². The van der Waals surface area contributed by atoms with Crippen molar-refractivity contribution in [3.05, 3.63) is 36.5 Å². The molecule has 0 saturated carbocycles. The highest BCUT2D eigenvalue weighted by Crippen LogP contribution is 2.33. The Morgan fingerprint density at radius 2 is 0.877 bits per heavy atom. The molecule has 19 nitrogen and oxygen atoms in total. The molecule has 73 heavy (non-hydrogen) atoms. The van der Waals surface area contributed by atoms with Gasteiger partial charge in [-0.05, 0) is 57.8 Å². The molecule has 17 unspecified atom stereocenters. The summed E-state index contributed by atoms with van der Waals surface area (Å²) >= 11 is 0. The van der Waals surface area contributed by atoms with E-state index in [0.717, 1.165) is 51.4 Å². The maximum Gasteiger partial charge on any atom is 0.220 e. The number of allylic oxidation sites excluding steroid dienone is 5. The number of amides is 1. The molecule has 3 rings (SSSR count). The standard InChI is InChI=1S/C54H97NO18/c1-3-5-7-9-11-13-15-16-17-18-19-20-22-24-26-28-30-32-42(60)55-37(38(59)31-29-27-25-23-21-14-12-10-8-6-4-2)36-68-52-48(66)45(63)50(40(34-57)70-52)73-54-49(67)46(64)51(41(35-58)71-54)72-53-47(65)44(62)43(61)39(33-56)69-53/h16-17,21,23,29,31,37-41,43-54,56-59,61-67H,3-15,18-20,22,24-28,30,32-36H2,1-2H3,(H,55,60)/b17-16-,23-21+,31-29+. The fraction of sp³-hybridized carbons (Fsp3) is 0.870. The van der Waals surface area contributed by atoms with Gasteiger partial charge in [0.1, 0.15) is 73.2 Å². The minimum atomic E-state index is -1.98. The first-order valence-electron chi connectivity index (χ1n) is 27.7. The fourth-order valence-corrected chi connectivity index (χ4v) is 9.26. The zero-order valence-electron chi connectivity index (χ0n) is 43.9. The van der Waals surface area contributed by atoms with Crippen LogP contribution in [0.2, 0.25) is 0 Å². The summed E-state index contributed by atoms with van der Waals surface area (Å²) in [6, 6.07) is -0.988. The molecule has 12 N–H and O–H groups in total. The molecule has 1 amide bonds. The van der Waals surface area contributed by atoms with Crippen LogP contribution in [-0.2, 0) is 33.2 Å². The number of nitrogens with one attached hydrogen (secondary N) is 1. The Morgan fingerprint density at radius 1 is 0.479 bits per heavy atom. The summed E-state index contributed by atoms with van der Waals surface area (Å²) in [6.07, 6.45) is 11.5. The van der Waals surface area contributed by atoms with Crippen molar-refractivity contribution in [2.45, 2.75) is 272 Å². The quantitative estimate of drug-likeness (QED) is 0.0310. The van der Waals surface area contributed by atoms with E-state index in [4.69, 9.17) is 28.4 Å². The van der Waals surface area contributed by atoms with Crippen LogP contribution >= 0.6 is 0 Å². The van der Waals surface area contributed by atoms with Crippen LogP contribution in [0.1, 0.15) is 168 Å². The average Bonchev–Trinajstić information content (AvgIpc) is 3.39. The topological polar surface area (TPSA) is 307 Å². The van der Waals surface area contributed by atoms with Gasteiger partial charge in [-0.25, -0.2) is 0 Å². The van der Waals surface area contributed by atoms with E-state index >= 15 is 0 Å². The van der Waals surface area contributed by atoms with Crippen molar-refractivity contribution in [1.82, 2.24) is 5.32 Å². The average molecular weight is 1050 g/mol. The Morgan fingerprint density at radius 3 is 1.37 bits per heavy atom. The van der Waals surface area contributed by atoms with Crippen molar-refractivity contribution in [3.8, 4) is 0 Å². The van der Waals surface area contributed by atoms with Crippen LogP contribution in [0.3, 0.4) is 0 Å². The van der Waals surface area contributed by atoms with E-state index in [-0.39, 0.29) is 18.9 Å². The number of unbranched alkanes of at least 4 members (excludes halogenated alkanes) is 19. The lowest BCUT2D eigenvalue weighted by molar-refractivity contribution is -0.379. The zero-order valence-corrected chi connectivity index (χ0v) is 43.9. The van der Waals surface area contributed by atoms with E-state index in [0.29, 0.717) is 12.8 Å². The third-order valence-electron chi connectivity index (χ3n) is 13.9. The number of hydrogen-bond donors (Lipinski definition) is 12. The van der Waals surface area contributed by atoms with Gasteiger partial charge >= 0.3 is 0 Å². The lowest BCUT2D eigenvalue weighted by Crippen LogP contribution is -2.66. The smallest absolute Gasteiger partial charge is 0.220 e. The molecule has 17 atom stereocenters. The Bertz CT molecular complexity index is 1490. The van der Waals surface area contributed by atoms with Crippen LogP contribution in [0.15, 0.2) is 36.5 Å². The van der Waals surface area contributed by atoms with Crippen molar-refractivity contribution in [2.75, 3.05) is 26.4 Å². The zero-order chi connectivity index (χ0) is 53.4. The Hall–Kier alpha value is -1.99. The van der Waals surface area contributed by atoms with E-state index in [9.17, 15) is 61.0 Å². The first-order chi connectivity index (χ1) is 35.3. The van der Waals surface area contributed by atoms with Gasteiger partial charge in [0.2, 0.25) is 5.91 Å². The molecule has 426 valence electrons. The summed E-state index contributed by atoms with van der Waals surface area (Å²) in [6.45, 7) is 1.64. The van der Waals surface area contributed by atoms with Gasteiger partial charge in [0, 0.05) is 6.42 Å². The van der Waals surface area contributed by atoms with Gasteiger partial charge in [-0.15, -0.1) is 0 Å². The van der Waals surface area contributed by atoms with Gasteiger partial charge in [0.25, 0.3) is 0 Å². The van der Waals surface area contributed by atoms with Crippen LogP contribution in [-0.4, -0.2) is 193 Å². The van der Waals surface area contributed by atoms with E-state index in [1.165, 1.54) is 83.5 Å². The molecule has 0 spiro atoms. The summed E-state index contributed by atoms with van der Waals surface area (Å²) in [5, 5.41) is 120. The van der Waals surface area contributed by atoms with Crippen LogP contribution in [0.4, 0.5) is 0 Å². The summed E-state index contributed by atoms with van der Waals surface area (Å²) in [4.78, 5) is 13.2. The highest BCUT2D eigenvalue weighted by Gasteiger charge is 2.53. The monoisotopic (exact) mass is 1050 g/mol. The molecule has 0 radical (unpaired) electrons. The van der Waals surface area contributed by atoms with E-state index in [1.807, 2.05) is 6.08 Å². The Kier molecular flexibility index (Phi) is 34.5. The molecule has 0 bridgehead atoms. The second kappa shape index (κ2) is 38.5. The predicted molar refractivity (Wildman–Crippen MR) is 272 cm³/mol. The first-order valence-corrected chi connectivity index (χ1v) is 27.7. The summed E-state index contributed by atoms with van der Waals surface area (Å²) < 4.78 is 34.1. The minimum absolute atomic E-state index is 0.230. The van der Waals surface area contributed by atoms with Crippen molar-refractivity contribution in [1.29, 1.82) is 0 Å². The van der Waals surface area contributed by atoms with Gasteiger partial charge in [-0.3, -0.25) is 4.79 Å². The number of rotatable bonds is 39.